The summed E-state index contributed by atoms with van der Waals surface area (Å²) < 4.78 is 13.1. The van der Waals surface area contributed by atoms with Gasteiger partial charge in [-0.1, -0.05) is 140 Å². The third kappa shape index (κ3) is 5.80. The number of benzene rings is 7. The summed E-state index contributed by atoms with van der Waals surface area (Å²) in [5.74, 6) is 0.694. The normalized spacial score (nSPS) is 13.0. The fourth-order valence-corrected chi connectivity index (χ4v) is 7.03. The van der Waals surface area contributed by atoms with E-state index in [0.717, 1.165) is 50.4 Å². The first-order chi connectivity index (χ1) is 26.2. The summed E-state index contributed by atoms with van der Waals surface area (Å²) in [6, 6.07) is 59.3. The molecule has 7 aromatic rings. The summed E-state index contributed by atoms with van der Waals surface area (Å²) in [5.41, 5.74) is 15.0. The van der Waals surface area contributed by atoms with E-state index in [0.29, 0.717) is 28.4 Å². The van der Waals surface area contributed by atoms with Gasteiger partial charge in [0.1, 0.15) is 11.5 Å². The van der Waals surface area contributed by atoms with Crippen LogP contribution < -0.4 is 15.6 Å². The molecular weight excluding hydrogens is 657 g/mol. The number of hydrogen-bond donors (Lipinski definition) is 2. The van der Waals surface area contributed by atoms with E-state index in [2.05, 4.69) is 10.9 Å². The van der Waals surface area contributed by atoms with Crippen molar-refractivity contribution in [2.45, 2.75) is 5.60 Å². The summed E-state index contributed by atoms with van der Waals surface area (Å²) >= 11 is 0. The average Bonchev–Trinajstić information content (AvgIpc) is 3.51. The summed E-state index contributed by atoms with van der Waals surface area (Å²) in [7, 11) is 0. The minimum absolute atomic E-state index is 0.385. The van der Waals surface area contributed by atoms with Crippen LogP contribution in [0.1, 0.15) is 49.3 Å². The van der Waals surface area contributed by atoms with Gasteiger partial charge in [-0.05, 0) is 30.3 Å². The molecule has 0 bridgehead atoms. The molecule has 0 aromatic heterocycles. The van der Waals surface area contributed by atoms with Crippen LogP contribution in [0.25, 0.3) is 0 Å². The van der Waals surface area contributed by atoms with E-state index < -0.39 is 5.60 Å². The topological polar surface area (TPSA) is 84.3 Å². The van der Waals surface area contributed by atoms with Gasteiger partial charge in [-0.15, -0.1) is 0 Å². The van der Waals surface area contributed by atoms with Crippen LogP contribution in [-0.2, 0) is 10.3 Å². The molecule has 9 rings (SSSR count). The van der Waals surface area contributed by atoms with Gasteiger partial charge in [0.15, 0.2) is 5.60 Å². The Hall–Kier alpha value is -7.25. The van der Waals surface area contributed by atoms with Gasteiger partial charge in [-0.2, -0.15) is 10.2 Å². The Bertz CT molecular complexity index is 2290. The van der Waals surface area contributed by atoms with Gasteiger partial charge in [0.2, 0.25) is 0 Å². The summed E-state index contributed by atoms with van der Waals surface area (Å²) in [6.07, 6.45) is 0. The third-order valence-electron chi connectivity index (χ3n) is 9.50. The number of nitrogens with zero attached hydrogens (tertiary/aromatic N) is 2. The minimum atomic E-state index is -1.21. The molecule has 7 nitrogen and oxygen atoms in total. The molecule has 0 atom stereocenters. The van der Waals surface area contributed by atoms with Crippen molar-refractivity contribution >= 4 is 28.8 Å². The van der Waals surface area contributed by atoms with Crippen LogP contribution >= 0.6 is 0 Å². The summed E-state index contributed by atoms with van der Waals surface area (Å²) in [4.78, 5) is 13.5. The van der Waals surface area contributed by atoms with E-state index in [4.69, 9.17) is 19.7 Å². The summed E-state index contributed by atoms with van der Waals surface area (Å²) in [5, 5.41) is 9.74. The van der Waals surface area contributed by atoms with Crippen molar-refractivity contribution < 1.29 is 14.3 Å². The Labute approximate surface area is 306 Å². The highest BCUT2D eigenvalue weighted by Crippen LogP contribution is 2.56. The predicted molar refractivity (Wildman–Crippen MR) is 209 cm³/mol. The number of hydrogen-bond acceptors (Lipinski definition) is 7. The number of hydrazone groups is 2. The minimum Gasteiger partial charge on any atom is -0.456 e. The van der Waals surface area contributed by atoms with Crippen LogP contribution in [0.3, 0.4) is 0 Å². The van der Waals surface area contributed by atoms with Crippen molar-refractivity contribution in [3.63, 3.8) is 0 Å². The Kier molecular flexibility index (Phi) is 8.06. The van der Waals surface area contributed by atoms with Crippen molar-refractivity contribution in [3.8, 4) is 11.5 Å². The molecule has 254 valence electrons. The molecule has 0 aliphatic carbocycles. The van der Waals surface area contributed by atoms with E-state index >= 15 is 0 Å². The number of esters is 1. The maximum atomic E-state index is 13.5. The van der Waals surface area contributed by atoms with Crippen LogP contribution in [-0.4, -0.2) is 17.4 Å². The quantitative estimate of drug-likeness (QED) is 0.0944. The SMILES string of the molecule is O=C1OC2(c3ccc(NN=C(c4ccccc4)c4ccccc4)cc3Oc3cc(NN=C(c4ccccc4)c4ccccc4)ccc32)c2ccccc21. The number of rotatable bonds is 8. The molecule has 0 unspecified atom stereocenters. The molecule has 2 aliphatic rings. The van der Waals surface area contributed by atoms with Crippen molar-refractivity contribution in [1.82, 2.24) is 0 Å². The highest BCUT2D eigenvalue weighted by atomic mass is 16.6. The first-order valence-corrected chi connectivity index (χ1v) is 17.4. The second-order valence-electron chi connectivity index (χ2n) is 12.7. The van der Waals surface area contributed by atoms with E-state index in [1.54, 1.807) is 6.07 Å². The van der Waals surface area contributed by atoms with Gasteiger partial charge in [0.25, 0.3) is 0 Å². The lowest BCUT2D eigenvalue weighted by molar-refractivity contribution is 0.0224. The molecule has 2 N–H and O–H groups in total. The predicted octanol–water partition coefficient (Wildman–Crippen LogP) is 9.98. The van der Waals surface area contributed by atoms with Crippen molar-refractivity contribution in [1.29, 1.82) is 0 Å². The third-order valence-corrected chi connectivity index (χ3v) is 9.50. The van der Waals surface area contributed by atoms with E-state index in [-0.39, 0.29) is 5.97 Å². The van der Waals surface area contributed by atoms with E-state index in [1.165, 1.54) is 0 Å². The fraction of sp³-hybridized carbons (Fsp3) is 0.0217. The molecule has 53 heavy (non-hydrogen) atoms. The van der Waals surface area contributed by atoms with Crippen molar-refractivity contribution in [2.75, 3.05) is 10.9 Å². The second kappa shape index (κ2) is 13.5. The van der Waals surface area contributed by atoms with Crippen molar-refractivity contribution in [3.05, 3.63) is 226 Å². The molecule has 0 saturated heterocycles. The second-order valence-corrected chi connectivity index (χ2v) is 12.7. The zero-order valence-electron chi connectivity index (χ0n) is 28.4. The number of nitrogens with one attached hydrogen (secondary N) is 2. The van der Waals surface area contributed by atoms with E-state index in [1.807, 2.05) is 176 Å². The lowest BCUT2D eigenvalue weighted by atomic mass is 9.77. The first-order valence-electron chi connectivity index (χ1n) is 17.4. The number of carbonyl (C=O) groups is 1. The molecule has 2 aliphatic heterocycles. The maximum absolute atomic E-state index is 13.5. The molecular formula is C46H32N4O3. The molecule has 7 heteroatoms. The monoisotopic (exact) mass is 688 g/mol. The Morgan fingerprint density at radius 3 is 1.28 bits per heavy atom. The van der Waals surface area contributed by atoms with E-state index in [9.17, 15) is 4.79 Å². The molecule has 0 amide bonds. The van der Waals surface area contributed by atoms with Gasteiger partial charge < -0.3 is 9.47 Å². The zero-order valence-corrected chi connectivity index (χ0v) is 28.4. The number of anilines is 2. The molecule has 0 radical (unpaired) electrons. The van der Waals surface area contributed by atoms with Crippen LogP contribution in [0.2, 0.25) is 0 Å². The van der Waals surface area contributed by atoms with Gasteiger partial charge >= 0.3 is 5.97 Å². The van der Waals surface area contributed by atoms with Crippen LogP contribution in [0.4, 0.5) is 11.4 Å². The highest BCUT2D eigenvalue weighted by Gasteiger charge is 2.53. The van der Waals surface area contributed by atoms with Gasteiger partial charge in [0, 0.05) is 51.1 Å². The molecule has 0 saturated carbocycles. The Balaban J connectivity index is 1.12. The average molecular weight is 689 g/mol. The smallest absolute Gasteiger partial charge is 0.340 e. The standard InChI is InChI=1S/C46H32N4O3/c51-45-37-23-13-14-24-38(37)46(53-45)39-27-25-35(47-49-43(31-15-5-1-6-16-31)32-17-7-2-8-18-32)29-41(39)52-42-30-36(26-28-40(42)46)48-50-44(33-19-9-3-10-20-33)34-21-11-4-12-22-34/h1-30,47-48H. The Morgan fingerprint density at radius 1 is 0.453 bits per heavy atom. The first kappa shape index (κ1) is 31.7. The molecule has 7 aromatic carbocycles. The number of ether oxygens (including phenoxy) is 2. The van der Waals surface area contributed by atoms with Crippen LogP contribution in [0.5, 0.6) is 11.5 Å². The number of fused-ring (bicyclic) bond motifs is 6. The van der Waals surface area contributed by atoms with Crippen LogP contribution in [0.15, 0.2) is 192 Å². The molecule has 1 spiro atoms. The lowest BCUT2D eigenvalue weighted by Crippen LogP contribution is -2.33. The molecule has 2 heterocycles. The Morgan fingerprint density at radius 2 is 0.849 bits per heavy atom. The molecule has 0 fully saturated rings. The zero-order chi connectivity index (χ0) is 35.6. The van der Waals surface area contributed by atoms with Gasteiger partial charge in [0.05, 0.1) is 28.4 Å². The highest BCUT2D eigenvalue weighted by molar-refractivity contribution is 6.13. The maximum Gasteiger partial charge on any atom is 0.340 e. The van der Waals surface area contributed by atoms with Crippen LogP contribution in [0, 0.1) is 0 Å². The summed E-state index contributed by atoms with van der Waals surface area (Å²) in [6.45, 7) is 0. The fourth-order valence-electron chi connectivity index (χ4n) is 7.03. The largest absolute Gasteiger partial charge is 0.456 e. The number of carbonyl (C=O) groups excluding carboxylic acids is 1. The van der Waals surface area contributed by atoms with Gasteiger partial charge in [-0.3, -0.25) is 10.9 Å². The van der Waals surface area contributed by atoms with Gasteiger partial charge in [-0.25, -0.2) is 4.79 Å². The lowest BCUT2D eigenvalue weighted by Gasteiger charge is -2.36. The van der Waals surface area contributed by atoms with Crippen molar-refractivity contribution in [2.24, 2.45) is 10.2 Å².